The Bertz CT molecular complexity index is 1320. The van der Waals surface area contributed by atoms with Gasteiger partial charge in [0.25, 0.3) is 0 Å². The van der Waals surface area contributed by atoms with Crippen molar-refractivity contribution >= 4 is 48.5 Å². The van der Waals surface area contributed by atoms with Crippen molar-refractivity contribution in [1.29, 1.82) is 0 Å². The number of fused-ring (bicyclic) bond motifs is 1. The fourth-order valence-electron chi connectivity index (χ4n) is 4.67. The van der Waals surface area contributed by atoms with Crippen LogP contribution in [0.3, 0.4) is 0 Å². The van der Waals surface area contributed by atoms with Crippen LogP contribution in [0.2, 0.25) is 0 Å². The van der Waals surface area contributed by atoms with Crippen molar-refractivity contribution in [1.82, 2.24) is 29.7 Å². The molecule has 3 heterocycles. The van der Waals surface area contributed by atoms with Gasteiger partial charge in [0.2, 0.25) is 5.95 Å². The van der Waals surface area contributed by atoms with Crippen LogP contribution in [0.1, 0.15) is 54.7 Å². The molecule has 0 radical (unpaired) electrons. The van der Waals surface area contributed by atoms with Gasteiger partial charge in [-0.25, -0.2) is 20.1 Å². The highest BCUT2D eigenvalue weighted by atomic mass is 32.2. The Kier molecular flexibility index (Phi) is 12.2. The number of carbonyl (C=O) groups is 2. The van der Waals surface area contributed by atoms with Crippen LogP contribution < -0.4 is 15.9 Å². The van der Waals surface area contributed by atoms with Gasteiger partial charge >= 0.3 is 19.6 Å². The second-order valence-electron chi connectivity index (χ2n) is 11.2. The Morgan fingerprint density at radius 1 is 1.14 bits per heavy atom. The summed E-state index contributed by atoms with van der Waals surface area (Å²) in [5, 5.41) is 28.5. The smallest absolute Gasteiger partial charge is 0.342 e. The molecular weight excluding hydrogens is 617 g/mol. The van der Waals surface area contributed by atoms with Gasteiger partial charge in [-0.3, -0.25) is 18.7 Å². The van der Waals surface area contributed by atoms with Gasteiger partial charge < -0.3 is 34.7 Å². The number of hydrogen-bond donors (Lipinski definition) is 5. The minimum absolute atomic E-state index is 0.0117. The number of aliphatic hydroxyl groups is 2. The molecule has 44 heavy (non-hydrogen) atoms. The maximum Gasteiger partial charge on any atom is 0.342 e. The summed E-state index contributed by atoms with van der Waals surface area (Å²) >= 11 is 1.31. The zero-order chi connectivity index (χ0) is 33.0. The zero-order valence-electron chi connectivity index (χ0n) is 26.2. The average Bonchev–Trinajstić information content (AvgIpc) is 3.46. The van der Waals surface area contributed by atoms with E-state index in [-0.39, 0.29) is 36.6 Å². The Hall–Kier alpha value is -2.37. The van der Waals surface area contributed by atoms with E-state index in [1.807, 2.05) is 0 Å². The predicted molar refractivity (Wildman–Crippen MR) is 162 cm³/mol. The molecule has 0 aromatic carbocycles. The second kappa shape index (κ2) is 14.8. The molecule has 1 aliphatic rings. The van der Waals surface area contributed by atoms with Gasteiger partial charge in [0.1, 0.15) is 40.4 Å². The number of nitrogens with one attached hydrogen (secondary N) is 2. The molecule has 2 aromatic heterocycles. The Labute approximate surface area is 260 Å². The lowest BCUT2D eigenvalue weighted by Crippen LogP contribution is -2.49. The minimum atomic E-state index is -4.28. The molecule has 3 rings (SSSR count). The van der Waals surface area contributed by atoms with Crippen molar-refractivity contribution in [2.75, 3.05) is 31.8 Å². The SMILES string of the molecule is CCOC(=O)[C@@H](NP(=O)(N[C@H](C(=O)OCC)C(C)C)OC[C@H]1O[C@@H](n2cnc3c(SC)nc(N)nc32)[C@](C)(O)[C@@H]1O)C(C)C. The van der Waals surface area contributed by atoms with E-state index in [1.165, 1.54) is 29.6 Å². The first-order chi connectivity index (χ1) is 20.6. The van der Waals surface area contributed by atoms with Gasteiger partial charge in [-0.2, -0.15) is 4.98 Å². The van der Waals surface area contributed by atoms with Crippen molar-refractivity contribution in [3.8, 4) is 0 Å². The molecule has 1 fully saturated rings. The molecule has 18 heteroatoms. The summed E-state index contributed by atoms with van der Waals surface area (Å²) in [6.07, 6.45) is -0.761. The Morgan fingerprint density at radius 2 is 1.68 bits per heavy atom. The van der Waals surface area contributed by atoms with E-state index in [9.17, 15) is 24.4 Å². The summed E-state index contributed by atoms with van der Waals surface area (Å²) < 4.78 is 38.0. The number of nitrogen functional groups attached to an aromatic ring is 1. The number of rotatable bonds is 15. The summed E-state index contributed by atoms with van der Waals surface area (Å²) in [7, 11) is -4.28. The van der Waals surface area contributed by atoms with E-state index in [1.54, 1.807) is 47.8 Å². The van der Waals surface area contributed by atoms with Crippen LogP contribution in [0.4, 0.5) is 5.95 Å². The van der Waals surface area contributed by atoms with Crippen molar-refractivity contribution in [2.45, 2.75) is 89.6 Å². The van der Waals surface area contributed by atoms with Crippen molar-refractivity contribution in [3.05, 3.63) is 6.33 Å². The van der Waals surface area contributed by atoms with Gasteiger partial charge in [0.15, 0.2) is 11.9 Å². The van der Waals surface area contributed by atoms with Crippen LogP contribution in [-0.4, -0.2) is 97.6 Å². The third-order valence-electron chi connectivity index (χ3n) is 7.06. The molecule has 0 bridgehead atoms. The summed E-state index contributed by atoms with van der Waals surface area (Å²) in [5.41, 5.74) is 4.70. The molecule has 248 valence electrons. The molecule has 0 aliphatic carbocycles. The summed E-state index contributed by atoms with van der Waals surface area (Å²) in [6, 6.07) is -2.16. The maximum atomic E-state index is 14.4. The van der Waals surface area contributed by atoms with E-state index >= 15 is 0 Å². The third-order valence-corrected chi connectivity index (χ3v) is 9.48. The highest BCUT2D eigenvalue weighted by Crippen LogP contribution is 2.45. The molecular formula is C26H44N7O9PS. The molecule has 16 nitrogen and oxygen atoms in total. The number of anilines is 1. The van der Waals surface area contributed by atoms with Crippen molar-refractivity contribution < 1.29 is 43.1 Å². The number of nitrogens with zero attached hydrogens (tertiary/aromatic N) is 4. The molecule has 6 atom stereocenters. The third kappa shape index (κ3) is 7.88. The molecule has 1 saturated heterocycles. The number of carbonyl (C=O) groups excluding carboxylic acids is 2. The number of ether oxygens (including phenoxy) is 3. The topological polar surface area (TPSA) is 222 Å². The highest BCUT2D eigenvalue weighted by molar-refractivity contribution is 7.98. The molecule has 0 spiro atoms. The Balaban J connectivity index is 1.93. The number of thioether (sulfide) groups is 1. The average molecular weight is 662 g/mol. The maximum absolute atomic E-state index is 14.4. The van der Waals surface area contributed by atoms with E-state index in [4.69, 9.17) is 24.5 Å². The van der Waals surface area contributed by atoms with Crippen LogP contribution in [0.5, 0.6) is 0 Å². The number of esters is 2. The summed E-state index contributed by atoms with van der Waals surface area (Å²) in [4.78, 5) is 38.3. The van der Waals surface area contributed by atoms with Crippen molar-refractivity contribution in [2.24, 2.45) is 11.8 Å². The lowest BCUT2D eigenvalue weighted by molar-refractivity contribution is -0.146. The second-order valence-corrected chi connectivity index (χ2v) is 13.8. The van der Waals surface area contributed by atoms with Gasteiger partial charge in [-0.1, -0.05) is 27.7 Å². The first-order valence-electron chi connectivity index (χ1n) is 14.3. The van der Waals surface area contributed by atoms with E-state index in [0.717, 1.165) is 0 Å². The first-order valence-corrected chi connectivity index (χ1v) is 17.2. The predicted octanol–water partition coefficient (Wildman–Crippen LogP) is 1.62. The van der Waals surface area contributed by atoms with Gasteiger partial charge in [0, 0.05) is 0 Å². The first kappa shape index (κ1) is 36.1. The minimum Gasteiger partial charge on any atom is -0.465 e. The quantitative estimate of drug-likeness (QED) is 0.0791. The van der Waals surface area contributed by atoms with Gasteiger partial charge in [-0.05, 0) is 38.9 Å². The molecule has 2 aromatic rings. The van der Waals surface area contributed by atoms with Crippen molar-refractivity contribution in [3.63, 3.8) is 0 Å². The van der Waals surface area contributed by atoms with E-state index in [2.05, 4.69) is 25.1 Å². The number of hydrogen-bond acceptors (Lipinski definition) is 14. The molecule has 1 aliphatic heterocycles. The number of aromatic nitrogens is 4. The number of imidazole rings is 1. The standard InChI is InChI=1S/C26H44N7O9PS/c1-9-39-22(35)16(13(3)4)31-43(38,32-17(14(5)6)23(36)40-10-2)41-11-15-19(34)26(7,37)24(42-15)33-12-28-18-20(33)29-25(27)30-21(18)44-8/h12-17,19,24,34,37H,9-11H2,1-8H3,(H2,27,29,30)(H2,31,32,38)/t15-,16+,17+,19-,24-,26-/m1/s1. The molecule has 6 N–H and O–H groups in total. The van der Waals surface area contributed by atoms with E-state index in [0.29, 0.717) is 10.5 Å². The van der Waals surface area contributed by atoms with Crippen LogP contribution in [0.25, 0.3) is 11.2 Å². The van der Waals surface area contributed by atoms with Crippen LogP contribution in [0, 0.1) is 11.8 Å². The number of aliphatic hydroxyl groups excluding tert-OH is 1. The Morgan fingerprint density at radius 3 is 2.16 bits per heavy atom. The zero-order valence-corrected chi connectivity index (χ0v) is 27.9. The van der Waals surface area contributed by atoms with Crippen LogP contribution >= 0.6 is 19.4 Å². The van der Waals surface area contributed by atoms with Gasteiger partial charge in [0.05, 0.1) is 26.1 Å². The fraction of sp³-hybridized carbons (Fsp3) is 0.731. The largest absolute Gasteiger partial charge is 0.465 e. The highest BCUT2D eigenvalue weighted by Gasteiger charge is 2.54. The lowest BCUT2D eigenvalue weighted by atomic mass is 9.96. The van der Waals surface area contributed by atoms with E-state index < -0.39 is 62.3 Å². The monoisotopic (exact) mass is 661 g/mol. The lowest BCUT2D eigenvalue weighted by Gasteiger charge is -2.31. The molecule has 0 saturated carbocycles. The summed E-state index contributed by atoms with van der Waals surface area (Å²) in [6.45, 7) is 11.2. The van der Waals surface area contributed by atoms with Crippen LogP contribution in [-0.2, 0) is 32.9 Å². The summed E-state index contributed by atoms with van der Waals surface area (Å²) in [5.74, 6) is -2.11. The molecule has 0 amide bonds. The fourth-order valence-corrected chi connectivity index (χ4v) is 7.31. The van der Waals surface area contributed by atoms with Gasteiger partial charge in [-0.15, -0.1) is 11.8 Å². The number of nitrogens with two attached hydrogens (primary N) is 1. The van der Waals surface area contributed by atoms with Crippen LogP contribution in [0.15, 0.2) is 11.4 Å². The normalized spacial score (nSPS) is 23.8. The molecule has 0 unspecified atom stereocenters.